The van der Waals surface area contributed by atoms with Crippen LogP contribution in [0.2, 0.25) is 0 Å². The molecule has 1 aliphatic rings. The molecule has 0 unspecified atom stereocenters. The van der Waals surface area contributed by atoms with E-state index in [1.165, 1.54) is 0 Å². The molecule has 0 atom stereocenters. The molecule has 0 radical (unpaired) electrons. The van der Waals surface area contributed by atoms with E-state index in [4.69, 9.17) is 0 Å². The van der Waals surface area contributed by atoms with Crippen molar-refractivity contribution in [3.63, 3.8) is 0 Å². The summed E-state index contributed by atoms with van der Waals surface area (Å²) in [5.41, 5.74) is 2.99. The van der Waals surface area contributed by atoms with Crippen LogP contribution in [0.3, 0.4) is 0 Å². The van der Waals surface area contributed by atoms with Gasteiger partial charge in [0.05, 0.1) is 4.90 Å². The zero-order chi connectivity index (χ0) is 24.5. The predicted octanol–water partition coefficient (Wildman–Crippen LogP) is 3.41. The summed E-state index contributed by atoms with van der Waals surface area (Å²) < 4.78 is 30.9. The number of aryl methyl sites for hydroxylation is 3. The maximum Gasteiger partial charge on any atom is 0.252 e. The molecule has 1 saturated heterocycles. The molecule has 0 bridgehead atoms. The Morgan fingerprint density at radius 3 is 2.41 bits per heavy atom. The molecule has 4 rings (SSSR count). The Balaban J connectivity index is 1.53. The number of hydrogen-bond acceptors (Lipinski definition) is 6. The molecule has 3 aromatic rings. The fourth-order valence-electron chi connectivity index (χ4n) is 4.56. The number of hydrogen-bond donors (Lipinski definition) is 1. The van der Waals surface area contributed by atoms with Gasteiger partial charge in [0.2, 0.25) is 10.0 Å². The largest absolute Gasteiger partial charge is 0.317 e. The van der Waals surface area contributed by atoms with Crippen LogP contribution in [0.4, 0.5) is 0 Å². The Hall–Kier alpha value is -2.36. The average Bonchev–Trinajstić information content (AvgIpc) is 3.20. The van der Waals surface area contributed by atoms with Crippen LogP contribution in [0.15, 0.2) is 35.2 Å². The number of sulfonamides is 1. The summed E-state index contributed by atoms with van der Waals surface area (Å²) >= 11 is 0. The normalized spacial score (nSPS) is 15.9. The number of aromatic nitrogens is 4. The van der Waals surface area contributed by atoms with Gasteiger partial charge < -0.3 is 5.32 Å². The Labute approximate surface area is 202 Å². The van der Waals surface area contributed by atoms with E-state index >= 15 is 0 Å². The maximum absolute atomic E-state index is 13.7. The standard InChI is InChI=1S/C25H36N6O2S/c1-18-17-19(2)31-24(27-18)28-23(29-31)7-6-16-30(21-12-14-26-15-13-21)34(32,33)22-10-8-20(9-11-22)25(3,4)5/h8-11,17,21,26H,6-7,12-16H2,1-5H3. The molecule has 9 heteroatoms. The summed E-state index contributed by atoms with van der Waals surface area (Å²) in [7, 11) is -3.61. The summed E-state index contributed by atoms with van der Waals surface area (Å²) in [6.07, 6.45) is 2.88. The molecular formula is C25H36N6O2S. The van der Waals surface area contributed by atoms with Crippen molar-refractivity contribution >= 4 is 15.8 Å². The predicted molar refractivity (Wildman–Crippen MR) is 134 cm³/mol. The van der Waals surface area contributed by atoms with Crippen LogP contribution in [0.1, 0.15) is 62.8 Å². The molecule has 1 aliphatic heterocycles. The highest BCUT2D eigenvalue weighted by molar-refractivity contribution is 7.89. The van der Waals surface area contributed by atoms with Crippen molar-refractivity contribution in [2.75, 3.05) is 19.6 Å². The molecule has 8 nitrogen and oxygen atoms in total. The number of nitrogens with zero attached hydrogens (tertiary/aromatic N) is 5. The highest BCUT2D eigenvalue weighted by Gasteiger charge is 2.32. The summed E-state index contributed by atoms with van der Waals surface area (Å²) in [4.78, 5) is 9.37. The smallest absolute Gasteiger partial charge is 0.252 e. The third-order valence-electron chi connectivity index (χ3n) is 6.48. The highest BCUT2D eigenvalue weighted by Crippen LogP contribution is 2.27. The van der Waals surface area contributed by atoms with Gasteiger partial charge in [-0.2, -0.15) is 9.29 Å². The molecule has 0 saturated carbocycles. The first-order valence-electron chi connectivity index (χ1n) is 12.1. The fraction of sp³-hybridized carbons (Fsp3) is 0.560. The lowest BCUT2D eigenvalue weighted by Crippen LogP contribution is -2.46. The van der Waals surface area contributed by atoms with E-state index in [0.717, 1.165) is 42.9 Å². The van der Waals surface area contributed by atoms with Gasteiger partial charge in [-0.3, -0.25) is 0 Å². The Kier molecular flexibility index (Phi) is 7.07. The minimum Gasteiger partial charge on any atom is -0.317 e. The first kappa shape index (κ1) is 24.8. The van der Waals surface area contributed by atoms with Crippen LogP contribution >= 0.6 is 0 Å². The van der Waals surface area contributed by atoms with Gasteiger partial charge in [0.15, 0.2) is 5.82 Å². The van der Waals surface area contributed by atoms with E-state index < -0.39 is 10.0 Å². The van der Waals surface area contributed by atoms with Crippen LogP contribution in [0.5, 0.6) is 0 Å². The van der Waals surface area contributed by atoms with E-state index in [9.17, 15) is 8.42 Å². The third-order valence-corrected chi connectivity index (χ3v) is 8.45. The molecule has 3 heterocycles. The number of rotatable bonds is 7. The fourth-order valence-corrected chi connectivity index (χ4v) is 6.29. The second-order valence-electron chi connectivity index (χ2n) is 10.3. The van der Waals surface area contributed by atoms with Gasteiger partial charge >= 0.3 is 0 Å². The third kappa shape index (κ3) is 5.31. The van der Waals surface area contributed by atoms with E-state index in [-0.39, 0.29) is 11.5 Å². The molecule has 1 aromatic carbocycles. The molecule has 0 spiro atoms. The van der Waals surface area contributed by atoms with Gasteiger partial charge in [-0.15, -0.1) is 5.10 Å². The zero-order valence-corrected chi connectivity index (χ0v) is 21.7. The molecule has 184 valence electrons. The molecule has 34 heavy (non-hydrogen) atoms. The van der Waals surface area contributed by atoms with Crippen molar-refractivity contribution in [1.82, 2.24) is 29.2 Å². The summed E-state index contributed by atoms with van der Waals surface area (Å²) in [6.45, 7) is 12.4. The van der Waals surface area contributed by atoms with Gasteiger partial charge in [-0.05, 0) is 75.4 Å². The van der Waals surface area contributed by atoms with Crippen LogP contribution in [0.25, 0.3) is 5.78 Å². The second-order valence-corrected chi connectivity index (χ2v) is 12.1. The zero-order valence-electron chi connectivity index (χ0n) is 20.9. The van der Waals surface area contributed by atoms with Gasteiger partial charge in [0.1, 0.15) is 0 Å². The molecule has 1 N–H and O–H groups in total. The van der Waals surface area contributed by atoms with Gasteiger partial charge in [0, 0.05) is 30.4 Å². The van der Waals surface area contributed by atoms with Crippen LogP contribution in [-0.4, -0.2) is 58.0 Å². The lowest BCUT2D eigenvalue weighted by molar-refractivity contribution is 0.259. The van der Waals surface area contributed by atoms with Crippen molar-refractivity contribution in [2.45, 2.75) is 76.7 Å². The number of nitrogens with one attached hydrogen (secondary N) is 1. The first-order chi connectivity index (χ1) is 16.1. The molecule has 0 amide bonds. The number of fused-ring (bicyclic) bond motifs is 1. The summed E-state index contributed by atoms with van der Waals surface area (Å²) in [5.74, 6) is 1.28. The van der Waals surface area contributed by atoms with E-state index in [2.05, 4.69) is 41.2 Å². The van der Waals surface area contributed by atoms with Crippen molar-refractivity contribution in [1.29, 1.82) is 0 Å². The lowest BCUT2D eigenvalue weighted by Gasteiger charge is -2.34. The summed E-state index contributed by atoms with van der Waals surface area (Å²) in [6, 6.07) is 9.35. The lowest BCUT2D eigenvalue weighted by atomic mass is 9.87. The van der Waals surface area contributed by atoms with Crippen LogP contribution < -0.4 is 5.32 Å². The molecule has 1 fully saturated rings. The Morgan fingerprint density at radius 2 is 1.76 bits per heavy atom. The minimum absolute atomic E-state index is 0.00543. The quantitative estimate of drug-likeness (QED) is 0.552. The monoisotopic (exact) mass is 484 g/mol. The topological polar surface area (TPSA) is 92.5 Å². The average molecular weight is 485 g/mol. The van der Waals surface area contributed by atoms with Crippen molar-refractivity contribution in [2.24, 2.45) is 0 Å². The minimum atomic E-state index is -3.61. The van der Waals surface area contributed by atoms with E-state index in [1.54, 1.807) is 21.0 Å². The Morgan fingerprint density at radius 1 is 1.09 bits per heavy atom. The van der Waals surface area contributed by atoms with Crippen molar-refractivity contribution < 1.29 is 8.42 Å². The van der Waals surface area contributed by atoms with E-state index in [1.807, 2.05) is 32.0 Å². The second kappa shape index (κ2) is 9.71. The number of piperidine rings is 1. The van der Waals surface area contributed by atoms with Crippen molar-refractivity contribution in [3.05, 3.63) is 53.1 Å². The molecule has 2 aromatic heterocycles. The number of benzene rings is 1. The molecule has 0 aliphatic carbocycles. The molecular weight excluding hydrogens is 448 g/mol. The summed E-state index contributed by atoms with van der Waals surface area (Å²) in [5, 5.41) is 7.92. The maximum atomic E-state index is 13.7. The van der Waals surface area contributed by atoms with Gasteiger partial charge in [-0.1, -0.05) is 32.9 Å². The van der Waals surface area contributed by atoms with E-state index in [0.29, 0.717) is 35.9 Å². The highest BCUT2D eigenvalue weighted by atomic mass is 32.2. The van der Waals surface area contributed by atoms with Gasteiger partial charge in [-0.25, -0.2) is 17.9 Å². The van der Waals surface area contributed by atoms with Crippen molar-refractivity contribution in [3.8, 4) is 0 Å². The Bertz CT molecular complexity index is 1240. The SMILES string of the molecule is Cc1cc(C)n2nc(CCCN(C3CCNCC3)S(=O)(=O)c3ccc(C(C)(C)C)cc3)nc2n1. The van der Waals surface area contributed by atoms with Crippen LogP contribution in [0, 0.1) is 13.8 Å². The van der Waals surface area contributed by atoms with Crippen LogP contribution in [-0.2, 0) is 21.9 Å². The first-order valence-corrected chi connectivity index (χ1v) is 13.5. The van der Waals surface area contributed by atoms with Gasteiger partial charge in [0.25, 0.3) is 5.78 Å².